The van der Waals surface area contributed by atoms with Crippen LogP contribution in [0.15, 0.2) is 67.0 Å². The molecular formula is C21H20N2O2. The maximum absolute atomic E-state index is 13.1. The normalized spacial score (nSPS) is 20.1. The molecule has 4 heteroatoms. The number of hydrogen-bond acceptors (Lipinski definition) is 3. The lowest BCUT2D eigenvalue weighted by atomic mass is 9.80. The zero-order valence-corrected chi connectivity index (χ0v) is 13.9. The molecule has 4 rings (SSSR count). The number of carbonyl (C=O) groups is 1. The second-order valence-corrected chi connectivity index (χ2v) is 6.69. The summed E-state index contributed by atoms with van der Waals surface area (Å²) in [5.41, 5.74) is 1.33. The molecule has 1 saturated heterocycles. The van der Waals surface area contributed by atoms with E-state index in [2.05, 4.69) is 4.98 Å². The monoisotopic (exact) mass is 332 g/mol. The lowest BCUT2D eigenvalue weighted by molar-refractivity contribution is 0.0775. The smallest absolute Gasteiger partial charge is 0.256 e. The summed E-state index contributed by atoms with van der Waals surface area (Å²) in [6, 6.07) is 17.8. The van der Waals surface area contributed by atoms with Crippen LogP contribution in [0.4, 0.5) is 0 Å². The molecule has 0 saturated carbocycles. The van der Waals surface area contributed by atoms with Crippen LogP contribution in [0, 0.1) is 0 Å². The number of fused-ring (bicyclic) bond motifs is 1. The number of aliphatic hydroxyl groups excluding tert-OH is 1. The molecule has 1 unspecified atom stereocenters. The van der Waals surface area contributed by atoms with Crippen LogP contribution in [0.3, 0.4) is 0 Å². The van der Waals surface area contributed by atoms with Crippen molar-refractivity contribution in [1.29, 1.82) is 0 Å². The van der Waals surface area contributed by atoms with Crippen LogP contribution in [0.25, 0.3) is 10.8 Å². The molecule has 2 heterocycles. The SMILES string of the molecule is O=C(c1cncc2ccccc12)N1CCC(CO)(c2ccccc2)C1. The van der Waals surface area contributed by atoms with E-state index in [1.807, 2.05) is 59.5 Å². The highest BCUT2D eigenvalue weighted by Crippen LogP contribution is 2.35. The maximum Gasteiger partial charge on any atom is 0.256 e. The van der Waals surface area contributed by atoms with Gasteiger partial charge in [-0.2, -0.15) is 0 Å². The van der Waals surface area contributed by atoms with E-state index >= 15 is 0 Å². The van der Waals surface area contributed by atoms with Crippen LogP contribution in [-0.2, 0) is 5.41 Å². The fourth-order valence-corrected chi connectivity index (χ4v) is 3.75. The summed E-state index contributed by atoms with van der Waals surface area (Å²) >= 11 is 0. The zero-order valence-electron chi connectivity index (χ0n) is 13.9. The first-order valence-corrected chi connectivity index (χ1v) is 8.52. The van der Waals surface area contributed by atoms with Gasteiger partial charge in [-0.05, 0) is 17.4 Å². The predicted molar refractivity (Wildman–Crippen MR) is 97.5 cm³/mol. The highest BCUT2D eigenvalue weighted by atomic mass is 16.3. The first-order chi connectivity index (χ1) is 12.2. The molecule has 25 heavy (non-hydrogen) atoms. The zero-order chi connectivity index (χ0) is 17.3. The Morgan fingerprint density at radius 3 is 2.64 bits per heavy atom. The molecule has 0 bridgehead atoms. The molecule has 1 N–H and O–H groups in total. The van der Waals surface area contributed by atoms with Crippen molar-refractivity contribution < 1.29 is 9.90 Å². The van der Waals surface area contributed by atoms with Gasteiger partial charge in [-0.3, -0.25) is 9.78 Å². The summed E-state index contributed by atoms with van der Waals surface area (Å²) in [6.07, 6.45) is 4.18. The second kappa shape index (κ2) is 6.30. The van der Waals surface area contributed by atoms with Gasteiger partial charge in [0.05, 0.1) is 12.2 Å². The second-order valence-electron chi connectivity index (χ2n) is 6.69. The number of nitrogens with zero attached hydrogens (tertiary/aromatic N) is 2. The van der Waals surface area contributed by atoms with E-state index in [0.29, 0.717) is 18.7 Å². The van der Waals surface area contributed by atoms with Gasteiger partial charge in [0.2, 0.25) is 0 Å². The average molecular weight is 332 g/mol. The molecule has 0 radical (unpaired) electrons. The van der Waals surface area contributed by atoms with Crippen LogP contribution in [-0.4, -0.2) is 40.6 Å². The summed E-state index contributed by atoms with van der Waals surface area (Å²) < 4.78 is 0. The summed E-state index contributed by atoms with van der Waals surface area (Å²) in [4.78, 5) is 19.2. The summed E-state index contributed by atoms with van der Waals surface area (Å²) in [6.45, 7) is 1.20. The molecule has 0 spiro atoms. The Bertz CT molecular complexity index is 905. The number of likely N-dealkylation sites (tertiary alicyclic amines) is 1. The molecule has 126 valence electrons. The number of aliphatic hydroxyl groups is 1. The van der Waals surface area contributed by atoms with Crippen molar-refractivity contribution in [1.82, 2.24) is 9.88 Å². The summed E-state index contributed by atoms with van der Waals surface area (Å²) in [5, 5.41) is 11.9. The van der Waals surface area contributed by atoms with Crippen LogP contribution in [0.5, 0.6) is 0 Å². The van der Waals surface area contributed by atoms with E-state index in [-0.39, 0.29) is 17.9 Å². The number of hydrogen-bond donors (Lipinski definition) is 1. The number of pyridine rings is 1. The molecule has 4 nitrogen and oxygen atoms in total. The third-order valence-corrected chi connectivity index (χ3v) is 5.23. The van der Waals surface area contributed by atoms with Crippen LogP contribution < -0.4 is 0 Å². The van der Waals surface area contributed by atoms with Crippen LogP contribution >= 0.6 is 0 Å². The van der Waals surface area contributed by atoms with Gasteiger partial charge in [0.15, 0.2) is 0 Å². The lowest BCUT2D eigenvalue weighted by Gasteiger charge is -2.27. The van der Waals surface area contributed by atoms with E-state index < -0.39 is 0 Å². The Morgan fingerprint density at radius 1 is 1.08 bits per heavy atom. The fraction of sp³-hybridized carbons (Fsp3) is 0.238. The van der Waals surface area contributed by atoms with Gasteiger partial charge < -0.3 is 10.0 Å². The number of rotatable bonds is 3. The quantitative estimate of drug-likeness (QED) is 0.802. The molecule has 1 aliphatic rings. The minimum atomic E-state index is -0.380. The van der Waals surface area contributed by atoms with Crippen molar-refractivity contribution >= 4 is 16.7 Å². The standard InChI is InChI=1S/C21H20N2O2/c24-15-21(17-7-2-1-3-8-17)10-11-23(14-21)20(25)19-13-22-12-16-6-4-5-9-18(16)19/h1-9,12-13,24H,10-11,14-15H2. The third-order valence-electron chi connectivity index (χ3n) is 5.23. The number of benzene rings is 2. The predicted octanol–water partition coefficient (Wildman–Crippen LogP) is 3.01. The van der Waals surface area contributed by atoms with E-state index in [0.717, 1.165) is 22.8 Å². The van der Waals surface area contributed by atoms with Crippen molar-refractivity contribution in [3.63, 3.8) is 0 Å². The molecule has 0 aliphatic carbocycles. The molecule has 1 aromatic heterocycles. The fourth-order valence-electron chi connectivity index (χ4n) is 3.75. The van der Waals surface area contributed by atoms with Crippen LogP contribution in [0.2, 0.25) is 0 Å². The topological polar surface area (TPSA) is 53.4 Å². The molecule has 1 atom stereocenters. The Balaban J connectivity index is 1.66. The Kier molecular flexibility index (Phi) is 3.98. The first-order valence-electron chi connectivity index (χ1n) is 8.52. The molecule has 1 aliphatic heterocycles. The summed E-state index contributed by atoms with van der Waals surface area (Å²) in [5.74, 6) is -0.0180. The molecular weight excluding hydrogens is 312 g/mol. The van der Waals surface area contributed by atoms with Gasteiger partial charge in [-0.1, -0.05) is 54.6 Å². The summed E-state index contributed by atoms with van der Waals surface area (Å²) in [7, 11) is 0. The van der Waals surface area contributed by atoms with Crippen molar-refractivity contribution in [3.05, 3.63) is 78.1 Å². The minimum absolute atomic E-state index is 0.0180. The van der Waals surface area contributed by atoms with Crippen molar-refractivity contribution in [3.8, 4) is 0 Å². The molecule has 1 fully saturated rings. The minimum Gasteiger partial charge on any atom is -0.395 e. The Labute approximate surface area is 146 Å². The Hall–Kier alpha value is -2.72. The third kappa shape index (κ3) is 2.68. The van der Waals surface area contributed by atoms with E-state index in [4.69, 9.17) is 0 Å². The largest absolute Gasteiger partial charge is 0.395 e. The van der Waals surface area contributed by atoms with E-state index in [9.17, 15) is 9.90 Å². The molecule has 3 aromatic rings. The molecule has 1 amide bonds. The van der Waals surface area contributed by atoms with Gasteiger partial charge in [0.1, 0.15) is 0 Å². The number of aromatic nitrogens is 1. The van der Waals surface area contributed by atoms with Gasteiger partial charge in [-0.25, -0.2) is 0 Å². The highest BCUT2D eigenvalue weighted by Gasteiger charge is 2.41. The average Bonchev–Trinajstić information content (AvgIpc) is 3.14. The van der Waals surface area contributed by atoms with E-state index in [1.54, 1.807) is 12.4 Å². The number of carbonyl (C=O) groups excluding carboxylic acids is 1. The van der Waals surface area contributed by atoms with Crippen molar-refractivity contribution in [2.75, 3.05) is 19.7 Å². The van der Waals surface area contributed by atoms with Crippen molar-refractivity contribution in [2.45, 2.75) is 11.8 Å². The highest BCUT2D eigenvalue weighted by molar-refractivity contribution is 6.06. The molecule has 2 aromatic carbocycles. The number of amides is 1. The maximum atomic E-state index is 13.1. The lowest BCUT2D eigenvalue weighted by Crippen LogP contribution is -2.37. The van der Waals surface area contributed by atoms with Crippen LogP contribution in [0.1, 0.15) is 22.3 Å². The Morgan fingerprint density at radius 2 is 1.84 bits per heavy atom. The van der Waals surface area contributed by atoms with Crippen molar-refractivity contribution in [2.24, 2.45) is 0 Å². The van der Waals surface area contributed by atoms with Gasteiger partial charge in [-0.15, -0.1) is 0 Å². The van der Waals surface area contributed by atoms with E-state index in [1.165, 1.54) is 0 Å². The van der Waals surface area contributed by atoms with Gasteiger partial charge >= 0.3 is 0 Å². The van der Waals surface area contributed by atoms with Gasteiger partial charge in [0.25, 0.3) is 5.91 Å². The first kappa shape index (κ1) is 15.8. The van der Waals surface area contributed by atoms with Gasteiger partial charge in [0, 0.05) is 36.3 Å².